The summed E-state index contributed by atoms with van der Waals surface area (Å²) in [6.45, 7) is 2.61. The van der Waals surface area contributed by atoms with Crippen LogP contribution in [0.3, 0.4) is 0 Å². The smallest absolute Gasteiger partial charge is 0.227 e. The topological polar surface area (TPSA) is 59.5 Å². The highest BCUT2D eigenvalue weighted by atomic mass is 16.5. The van der Waals surface area contributed by atoms with Gasteiger partial charge in [0.1, 0.15) is 5.82 Å². The van der Waals surface area contributed by atoms with Gasteiger partial charge in [-0.3, -0.25) is 0 Å². The molecule has 0 spiro atoms. The molecular formula is C22H26N4O2. The van der Waals surface area contributed by atoms with Crippen molar-refractivity contribution in [3.05, 3.63) is 48.0 Å². The maximum atomic E-state index is 5.56. The average molecular weight is 378 g/mol. The molecule has 2 heterocycles. The summed E-state index contributed by atoms with van der Waals surface area (Å²) in [7, 11) is 3.31. The van der Waals surface area contributed by atoms with Crippen LogP contribution in [0.5, 0.6) is 11.5 Å². The van der Waals surface area contributed by atoms with Crippen molar-refractivity contribution in [3.8, 4) is 11.5 Å². The summed E-state index contributed by atoms with van der Waals surface area (Å²) in [5.41, 5.74) is 1.97. The van der Waals surface area contributed by atoms with Gasteiger partial charge in [-0.1, -0.05) is 24.3 Å². The Balaban J connectivity index is 1.66. The largest absolute Gasteiger partial charge is 0.493 e. The summed E-state index contributed by atoms with van der Waals surface area (Å²) in [5.74, 6) is 3.12. The van der Waals surface area contributed by atoms with Gasteiger partial charge in [-0.15, -0.1) is 0 Å². The number of hydrogen-bond acceptors (Lipinski definition) is 6. The van der Waals surface area contributed by atoms with Gasteiger partial charge in [-0.05, 0) is 37.5 Å². The van der Waals surface area contributed by atoms with Crippen LogP contribution in [0.4, 0.5) is 11.8 Å². The molecule has 4 rings (SSSR count). The van der Waals surface area contributed by atoms with Crippen LogP contribution < -0.4 is 19.7 Å². The van der Waals surface area contributed by atoms with E-state index in [4.69, 9.17) is 19.4 Å². The van der Waals surface area contributed by atoms with Crippen molar-refractivity contribution in [2.75, 3.05) is 37.5 Å². The number of fused-ring (bicyclic) bond motifs is 1. The van der Waals surface area contributed by atoms with E-state index in [1.54, 1.807) is 14.2 Å². The van der Waals surface area contributed by atoms with Crippen LogP contribution in [0.25, 0.3) is 10.9 Å². The third-order valence-electron chi connectivity index (χ3n) is 5.16. The lowest BCUT2D eigenvalue weighted by atomic mass is 10.1. The molecule has 0 atom stereocenters. The Bertz CT molecular complexity index is 954. The minimum Gasteiger partial charge on any atom is -0.493 e. The zero-order valence-corrected chi connectivity index (χ0v) is 16.4. The molecule has 0 saturated carbocycles. The van der Waals surface area contributed by atoms with Gasteiger partial charge < -0.3 is 19.7 Å². The van der Waals surface area contributed by atoms with Gasteiger partial charge in [0.25, 0.3) is 0 Å². The number of rotatable bonds is 6. The highest BCUT2D eigenvalue weighted by Gasteiger charge is 2.17. The molecule has 0 aliphatic carbocycles. The number of methoxy groups -OCH3 is 2. The number of hydrogen-bond donors (Lipinski definition) is 1. The number of nitrogens with zero attached hydrogens (tertiary/aromatic N) is 3. The van der Waals surface area contributed by atoms with Crippen LogP contribution in [0, 0.1) is 0 Å². The lowest BCUT2D eigenvalue weighted by Crippen LogP contribution is -2.31. The first-order chi connectivity index (χ1) is 13.8. The number of ether oxygens (including phenoxy) is 2. The lowest BCUT2D eigenvalue weighted by molar-refractivity contribution is 0.352. The van der Waals surface area contributed by atoms with Crippen molar-refractivity contribution in [1.29, 1.82) is 0 Å². The van der Waals surface area contributed by atoms with Crippen molar-refractivity contribution in [3.63, 3.8) is 0 Å². The number of para-hydroxylation sites is 2. The normalized spacial score (nSPS) is 14.1. The second kappa shape index (κ2) is 8.33. The Kier molecular flexibility index (Phi) is 5.46. The highest BCUT2D eigenvalue weighted by molar-refractivity contribution is 5.90. The number of benzene rings is 2. The first kappa shape index (κ1) is 18.3. The molecule has 146 valence electrons. The Morgan fingerprint density at radius 2 is 1.75 bits per heavy atom. The van der Waals surface area contributed by atoms with E-state index in [-0.39, 0.29) is 0 Å². The van der Waals surface area contributed by atoms with Crippen LogP contribution in [0.2, 0.25) is 0 Å². The van der Waals surface area contributed by atoms with E-state index in [0.717, 1.165) is 52.8 Å². The molecule has 1 N–H and O–H groups in total. The van der Waals surface area contributed by atoms with E-state index in [9.17, 15) is 0 Å². The molecule has 6 heteroatoms. The Morgan fingerprint density at radius 3 is 2.54 bits per heavy atom. The first-order valence-corrected chi connectivity index (χ1v) is 9.75. The summed E-state index contributed by atoms with van der Waals surface area (Å²) in [6, 6.07) is 14.0. The number of aromatic nitrogens is 2. The van der Waals surface area contributed by atoms with Crippen LogP contribution in [0.1, 0.15) is 24.8 Å². The first-order valence-electron chi connectivity index (χ1n) is 9.75. The molecule has 1 aliphatic rings. The number of nitrogens with one attached hydrogen (secondary N) is 1. The fourth-order valence-corrected chi connectivity index (χ4v) is 3.71. The van der Waals surface area contributed by atoms with E-state index in [0.29, 0.717) is 6.54 Å². The van der Waals surface area contributed by atoms with Gasteiger partial charge in [0.15, 0.2) is 11.5 Å². The van der Waals surface area contributed by atoms with E-state index >= 15 is 0 Å². The third-order valence-corrected chi connectivity index (χ3v) is 5.16. The molecule has 1 aliphatic heterocycles. The summed E-state index contributed by atoms with van der Waals surface area (Å²) >= 11 is 0. The van der Waals surface area contributed by atoms with E-state index in [1.165, 1.54) is 19.3 Å². The molecule has 28 heavy (non-hydrogen) atoms. The molecule has 1 saturated heterocycles. The van der Waals surface area contributed by atoms with Crippen molar-refractivity contribution < 1.29 is 9.47 Å². The minimum absolute atomic E-state index is 0.584. The molecule has 2 aromatic carbocycles. The predicted molar refractivity (Wildman–Crippen MR) is 112 cm³/mol. The third kappa shape index (κ3) is 3.67. The molecule has 0 radical (unpaired) electrons. The monoisotopic (exact) mass is 378 g/mol. The second-order valence-electron chi connectivity index (χ2n) is 6.94. The quantitative estimate of drug-likeness (QED) is 0.692. The Labute approximate surface area is 165 Å². The van der Waals surface area contributed by atoms with Crippen LogP contribution in [-0.4, -0.2) is 37.3 Å². The molecular weight excluding hydrogens is 352 g/mol. The van der Waals surface area contributed by atoms with E-state index < -0.39 is 0 Å². The number of anilines is 2. The van der Waals surface area contributed by atoms with Crippen LogP contribution in [-0.2, 0) is 6.54 Å². The Hall–Kier alpha value is -3.02. The molecule has 1 fully saturated rings. The SMILES string of the molecule is COc1cccc(CNc2nc(N3CCCCC3)nc3ccccc23)c1OC. The van der Waals surface area contributed by atoms with Crippen LogP contribution in [0.15, 0.2) is 42.5 Å². The van der Waals surface area contributed by atoms with Gasteiger partial charge in [0.2, 0.25) is 5.95 Å². The fraction of sp³-hybridized carbons (Fsp3) is 0.364. The molecule has 3 aromatic rings. The number of piperidine rings is 1. The maximum Gasteiger partial charge on any atom is 0.227 e. The summed E-state index contributed by atoms with van der Waals surface area (Å²) in [5, 5.41) is 4.51. The van der Waals surface area contributed by atoms with Gasteiger partial charge in [0, 0.05) is 30.6 Å². The second-order valence-corrected chi connectivity index (χ2v) is 6.94. The predicted octanol–water partition coefficient (Wildman–Crippen LogP) is 4.25. The minimum atomic E-state index is 0.584. The lowest BCUT2D eigenvalue weighted by Gasteiger charge is -2.27. The van der Waals surface area contributed by atoms with Gasteiger partial charge in [-0.2, -0.15) is 4.98 Å². The van der Waals surface area contributed by atoms with E-state index in [1.807, 2.05) is 36.4 Å². The summed E-state index contributed by atoms with van der Waals surface area (Å²) in [6.07, 6.45) is 3.67. The summed E-state index contributed by atoms with van der Waals surface area (Å²) < 4.78 is 11.0. The van der Waals surface area contributed by atoms with E-state index in [2.05, 4.69) is 16.3 Å². The van der Waals surface area contributed by atoms with Gasteiger partial charge >= 0.3 is 0 Å². The Morgan fingerprint density at radius 1 is 0.929 bits per heavy atom. The zero-order valence-electron chi connectivity index (χ0n) is 16.4. The zero-order chi connectivity index (χ0) is 19.3. The molecule has 0 unspecified atom stereocenters. The standard InChI is InChI=1S/C22H26N4O2/c1-27-19-12-8-9-16(20(19)28-2)15-23-21-17-10-4-5-11-18(17)24-22(25-21)26-13-6-3-7-14-26/h4-5,8-12H,3,6-7,13-15H2,1-2H3,(H,23,24,25). The van der Waals surface area contributed by atoms with Crippen molar-refractivity contribution in [2.24, 2.45) is 0 Å². The maximum absolute atomic E-state index is 5.56. The van der Waals surface area contributed by atoms with Gasteiger partial charge in [-0.25, -0.2) is 4.98 Å². The summed E-state index contributed by atoms with van der Waals surface area (Å²) in [4.78, 5) is 12.0. The molecule has 0 bridgehead atoms. The molecule has 1 aromatic heterocycles. The highest BCUT2D eigenvalue weighted by Crippen LogP contribution is 2.32. The van der Waals surface area contributed by atoms with Gasteiger partial charge in [0.05, 0.1) is 19.7 Å². The molecule has 0 amide bonds. The van der Waals surface area contributed by atoms with Crippen LogP contribution >= 0.6 is 0 Å². The van der Waals surface area contributed by atoms with Crippen molar-refractivity contribution in [1.82, 2.24) is 9.97 Å². The fourth-order valence-electron chi connectivity index (χ4n) is 3.71. The van der Waals surface area contributed by atoms with Crippen molar-refractivity contribution in [2.45, 2.75) is 25.8 Å². The van der Waals surface area contributed by atoms with Crippen molar-refractivity contribution >= 4 is 22.7 Å². The average Bonchev–Trinajstić information content (AvgIpc) is 2.77. The molecule has 6 nitrogen and oxygen atoms in total.